The molecule has 0 aromatic heterocycles. The molecule has 0 atom stereocenters. The number of hydrogen-bond acceptors (Lipinski definition) is 3. The van der Waals surface area contributed by atoms with Gasteiger partial charge < -0.3 is 15.0 Å². The maximum absolute atomic E-state index is 12.4. The number of ether oxygens (including phenoxy) is 1. The third-order valence-electron chi connectivity index (χ3n) is 4.55. The summed E-state index contributed by atoms with van der Waals surface area (Å²) in [6.07, 6.45) is 3.54. The van der Waals surface area contributed by atoms with Crippen molar-refractivity contribution in [2.24, 2.45) is 5.92 Å². The van der Waals surface area contributed by atoms with Gasteiger partial charge in [-0.2, -0.15) is 0 Å². The van der Waals surface area contributed by atoms with E-state index in [1.54, 1.807) is 38.1 Å². The number of likely N-dealkylation sites (tertiary alicyclic amines) is 1. The Morgan fingerprint density at radius 2 is 1.92 bits per heavy atom. The van der Waals surface area contributed by atoms with E-state index in [1.165, 1.54) is 25.9 Å². The quantitative estimate of drug-likeness (QED) is 0.760. The second-order valence-corrected chi connectivity index (χ2v) is 7.64. The number of amides is 1. The first-order valence-corrected chi connectivity index (χ1v) is 9.20. The minimum atomic E-state index is -0.908. The van der Waals surface area contributed by atoms with E-state index < -0.39 is 5.60 Å². The molecule has 4 nitrogen and oxygen atoms in total. The predicted octanol–water partition coefficient (Wildman–Crippen LogP) is 3.74. The molecule has 24 heavy (non-hydrogen) atoms. The Balaban J connectivity index is 1.69. The number of hydrogen-bond donors (Lipinski definition) is 1. The standard InChI is InChI=1S/C19H29ClN2O2/c1-15-9-13-22(14-10-15)12-4-11-21-18(23)19(2,3)24-17-7-5-16(20)6-8-17/h5-8,15H,4,9-14H2,1-3H3,(H,21,23). The van der Waals surface area contributed by atoms with Crippen LogP contribution in [0.1, 0.15) is 40.0 Å². The minimum absolute atomic E-state index is 0.0929. The number of piperidine rings is 1. The molecule has 0 radical (unpaired) electrons. The molecule has 0 spiro atoms. The lowest BCUT2D eigenvalue weighted by atomic mass is 9.99. The molecule has 1 aliphatic heterocycles. The van der Waals surface area contributed by atoms with Gasteiger partial charge in [-0.25, -0.2) is 0 Å². The van der Waals surface area contributed by atoms with Crippen LogP contribution in [0.15, 0.2) is 24.3 Å². The highest BCUT2D eigenvalue weighted by Gasteiger charge is 2.29. The van der Waals surface area contributed by atoms with Crippen LogP contribution in [0.3, 0.4) is 0 Å². The summed E-state index contributed by atoms with van der Waals surface area (Å²) in [5.41, 5.74) is -0.908. The summed E-state index contributed by atoms with van der Waals surface area (Å²) >= 11 is 5.86. The zero-order valence-electron chi connectivity index (χ0n) is 15.0. The maximum atomic E-state index is 12.4. The molecule has 1 fully saturated rings. The lowest BCUT2D eigenvalue weighted by Crippen LogP contribution is -2.47. The van der Waals surface area contributed by atoms with E-state index in [0.29, 0.717) is 17.3 Å². The van der Waals surface area contributed by atoms with E-state index in [9.17, 15) is 4.79 Å². The Hall–Kier alpha value is -1.26. The molecule has 1 aliphatic rings. The fourth-order valence-corrected chi connectivity index (χ4v) is 2.97. The smallest absolute Gasteiger partial charge is 0.263 e. The van der Waals surface area contributed by atoms with Crippen LogP contribution in [0.5, 0.6) is 5.75 Å². The molecule has 1 aromatic carbocycles. The summed E-state index contributed by atoms with van der Waals surface area (Å²) in [7, 11) is 0. The Bertz CT molecular complexity index is 523. The Kier molecular flexibility index (Phi) is 6.93. The molecule has 1 heterocycles. The highest BCUT2D eigenvalue weighted by molar-refractivity contribution is 6.30. The van der Waals surface area contributed by atoms with Crippen molar-refractivity contribution >= 4 is 17.5 Å². The zero-order valence-corrected chi connectivity index (χ0v) is 15.7. The largest absolute Gasteiger partial charge is 0.478 e. The van der Waals surface area contributed by atoms with Crippen molar-refractivity contribution in [1.29, 1.82) is 0 Å². The van der Waals surface area contributed by atoms with Gasteiger partial charge in [-0.15, -0.1) is 0 Å². The van der Waals surface area contributed by atoms with Crippen molar-refractivity contribution in [2.45, 2.75) is 45.6 Å². The highest BCUT2D eigenvalue weighted by atomic mass is 35.5. The average Bonchev–Trinajstić information content (AvgIpc) is 2.55. The van der Waals surface area contributed by atoms with Crippen LogP contribution in [0.4, 0.5) is 0 Å². The van der Waals surface area contributed by atoms with Crippen LogP contribution >= 0.6 is 11.6 Å². The van der Waals surface area contributed by atoms with Crippen molar-refractivity contribution in [1.82, 2.24) is 10.2 Å². The molecular weight excluding hydrogens is 324 g/mol. The van der Waals surface area contributed by atoms with E-state index in [4.69, 9.17) is 16.3 Å². The summed E-state index contributed by atoms with van der Waals surface area (Å²) in [5.74, 6) is 1.40. The van der Waals surface area contributed by atoms with Gasteiger partial charge in [0.15, 0.2) is 5.60 Å². The average molecular weight is 353 g/mol. The molecule has 0 unspecified atom stereocenters. The van der Waals surface area contributed by atoms with Gasteiger partial charge in [-0.05, 0) is 82.9 Å². The molecule has 1 amide bonds. The number of benzene rings is 1. The summed E-state index contributed by atoms with van der Waals surface area (Å²) < 4.78 is 5.80. The summed E-state index contributed by atoms with van der Waals surface area (Å²) in [6, 6.07) is 7.05. The van der Waals surface area contributed by atoms with Crippen LogP contribution in [-0.2, 0) is 4.79 Å². The monoisotopic (exact) mass is 352 g/mol. The zero-order chi connectivity index (χ0) is 17.6. The normalized spacial score (nSPS) is 16.8. The summed E-state index contributed by atoms with van der Waals surface area (Å²) in [4.78, 5) is 14.8. The van der Waals surface area contributed by atoms with Gasteiger partial charge in [0.25, 0.3) is 5.91 Å². The maximum Gasteiger partial charge on any atom is 0.263 e. The van der Waals surface area contributed by atoms with Crippen molar-refractivity contribution in [3.05, 3.63) is 29.3 Å². The molecule has 5 heteroatoms. The molecule has 134 valence electrons. The second-order valence-electron chi connectivity index (χ2n) is 7.20. The van der Waals surface area contributed by atoms with Gasteiger partial charge in [0.05, 0.1) is 0 Å². The number of carbonyl (C=O) groups excluding carboxylic acids is 1. The van der Waals surface area contributed by atoms with Crippen LogP contribution in [-0.4, -0.2) is 42.6 Å². The van der Waals surface area contributed by atoms with Gasteiger partial charge in [0.1, 0.15) is 5.75 Å². The number of nitrogens with one attached hydrogen (secondary N) is 1. The van der Waals surface area contributed by atoms with Crippen LogP contribution in [0.2, 0.25) is 5.02 Å². The summed E-state index contributed by atoms with van der Waals surface area (Å²) in [5, 5.41) is 3.64. The van der Waals surface area contributed by atoms with E-state index >= 15 is 0 Å². The first-order chi connectivity index (χ1) is 11.4. The highest BCUT2D eigenvalue weighted by Crippen LogP contribution is 2.21. The Morgan fingerprint density at radius 1 is 1.29 bits per heavy atom. The molecular formula is C19H29ClN2O2. The van der Waals surface area contributed by atoms with Crippen molar-refractivity contribution in [3.8, 4) is 5.75 Å². The van der Waals surface area contributed by atoms with Gasteiger partial charge in [-0.3, -0.25) is 4.79 Å². The molecule has 1 N–H and O–H groups in total. The molecule has 1 aromatic rings. The third-order valence-corrected chi connectivity index (χ3v) is 4.80. The molecule has 0 saturated carbocycles. The lowest BCUT2D eigenvalue weighted by molar-refractivity contribution is -0.134. The molecule has 1 saturated heterocycles. The molecule has 0 bridgehead atoms. The number of halogens is 1. The van der Waals surface area contributed by atoms with Crippen molar-refractivity contribution in [2.75, 3.05) is 26.2 Å². The molecule has 0 aliphatic carbocycles. The first kappa shape index (κ1) is 19.1. The number of carbonyl (C=O) groups is 1. The predicted molar refractivity (Wildman–Crippen MR) is 98.6 cm³/mol. The summed E-state index contributed by atoms with van der Waals surface area (Å²) in [6.45, 7) is 9.97. The van der Waals surface area contributed by atoms with Gasteiger partial charge in [0, 0.05) is 11.6 Å². The van der Waals surface area contributed by atoms with Crippen LogP contribution < -0.4 is 10.1 Å². The van der Waals surface area contributed by atoms with E-state index in [2.05, 4.69) is 17.1 Å². The van der Waals surface area contributed by atoms with Crippen molar-refractivity contribution < 1.29 is 9.53 Å². The number of nitrogens with zero attached hydrogens (tertiary/aromatic N) is 1. The van der Waals surface area contributed by atoms with E-state index in [-0.39, 0.29) is 5.91 Å². The third kappa shape index (κ3) is 5.99. The SMILES string of the molecule is CC1CCN(CCCNC(=O)C(C)(C)Oc2ccc(Cl)cc2)CC1. The van der Waals surface area contributed by atoms with E-state index in [0.717, 1.165) is 18.9 Å². The van der Waals surface area contributed by atoms with Gasteiger partial charge in [0.2, 0.25) is 0 Å². The van der Waals surface area contributed by atoms with Crippen LogP contribution in [0, 0.1) is 5.92 Å². The first-order valence-electron chi connectivity index (χ1n) is 8.82. The van der Waals surface area contributed by atoms with Crippen LogP contribution in [0.25, 0.3) is 0 Å². The fraction of sp³-hybridized carbons (Fsp3) is 0.632. The molecule has 2 rings (SSSR count). The van der Waals surface area contributed by atoms with Gasteiger partial charge >= 0.3 is 0 Å². The van der Waals surface area contributed by atoms with Gasteiger partial charge in [-0.1, -0.05) is 18.5 Å². The lowest BCUT2D eigenvalue weighted by Gasteiger charge is -2.30. The minimum Gasteiger partial charge on any atom is -0.478 e. The number of rotatable bonds is 7. The Morgan fingerprint density at radius 3 is 2.54 bits per heavy atom. The van der Waals surface area contributed by atoms with Crippen molar-refractivity contribution in [3.63, 3.8) is 0 Å². The fourth-order valence-electron chi connectivity index (χ4n) is 2.85. The second kappa shape index (κ2) is 8.72. The topological polar surface area (TPSA) is 41.6 Å². The Labute approximate surface area is 150 Å². The van der Waals surface area contributed by atoms with E-state index in [1.807, 2.05) is 0 Å².